The molecule has 0 spiro atoms. The summed E-state index contributed by atoms with van der Waals surface area (Å²) in [6.45, 7) is 0.727. The van der Waals surface area contributed by atoms with E-state index in [1.165, 1.54) is 4.90 Å². The smallest absolute Gasteiger partial charge is 0.262 e. The van der Waals surface area contributed by atoms with Gasteiger partial charge < -0.3 is 9.80 Å². The number of rotatable bonds is 5. The van der Waals surface area contributed by atoms with Gasteiger partial charge in [-0.25, -0.2) is 8.78 Å². The number of anilines is 1. The minimum Gasteiger partial charge on any atom is -0.373 e. The van der Waals surface area contributed by atoms with E-state index >= 15 is 0 Å². The normalized spacial score (nSPS) is 18.5. The molecular weight excluding hydrogens is 347 g/mol. The third kappa shape index (κ3) is 6.12. The molecule has 0 aliphatic carbocycles. The Morgan fingerprint density at radius 3 is 2.35 bits per heavy atom. The Balaban J connectivity index is 0.00000242. The van der Waals surface area contributed by atoms with Gasteiger partial charge in [0.15, 0.2) is 0 Å². The Labute approximate surface area is 148 Å². The molecule has 0 aromatic heterocycles. The minimum absolute atomic E-state index is 0. The minimum atomic E-state index is -2.78. The average Bonchev–Trinajstić information content (AvgIpc) is 2.84. The summed E-state index contributed by atoms with van der Waals surface area (Å²) in [6, 6.07) is 9.05. The molecular formula is C15H23Cl2F2N3O. The van der Waals surface area contributed by atoms with Crippen molar-refractivity contribution >= 4 is 36.4 Å². The van der Waals surface area contributed by atoms with Gasteiger partial charge in [0, 0.05) is 39.3 Å². The van der Waals surface area contributed by atoms with E-state index in [2.05, 4.69) is 5.32 Å². The highest BCUT2D eigenvalue weighted by molar-refractivity contribution is 5.85. The molecule has 8 heteroatoms. The summed E-state index contributed by atoms with van der Waals surface area (Å²) < 4.78 is 26.2. The lowest BCUT2D eigenvalue weighted by atomic mass is 10.1. The first-order valence-corrected chi connectivity index (χ1v) is 7.01. The van der Waals surface area contributed by atoms with Crippen LogP contribution in [0.4, 0.5) is 14.5 Å². The van der Waals surface area contributed by atoms with Crippen LogP contribution in [0.1, 0.15) is 6.42 Å². The summed E-state index contributed by atoms with van der Waals surface area (Å²) in [5.74, 6) is -3.05. The number of carbonyl (C=O) groups excluding carboxylic acids is 1. The Morgan fingerprint density at radius 2 is 1.83 bits per heavy atom. The van der Waals surface area contributed by atoms with Crippen LogP contribution in [0.25, 0.3) is 0 Å². The highest BCUT2D eigenvalue weighted by atomic mass is 35.5. The van der Waals surface area contributed by atoms with Gasteiger partial charge in [-0.05, 0) is 12.1 Å². The van der Waals surface area contributed by atoms with Crippen molar-refractivity contribution in [1.82, 2.24) is 10.2 Å². The van der Waals surface area contributed by atoms with Gasteiger partial charge in [-0.3, -0.25) is 10.1 Å². The van der Waals surface area contributed by atoms with Crippen LogP contribution in [0.15, 0.2) is 30.3 Å². The first-order chi connectivity index (χ1) is 9.89. The summed E-state index contributed by atoms with van der Waals surface area (Å²) in [5, 5.41) is 2.59. The van der Waals surface area contributed by atoms with Crippen molar-refractivity contribution in [2.75, 3.05) is 38.6 Å². The predicted octanol–water partition coefficient (Wildman–Crippen LogP) is 2.42. The molecule has 1 aromatic carbocycles. The number of nitrogens with one attached hydrogen (secondary N) is 1. The molecule has 1 amide bonds. The molecule has 2 rings (SSSR count). The third-order valence-corrected chi connectivity index (χ3v) is 3.75. The highest BCUT2D eigenvalue weighted by Crippen LogP contribution is 2.25. The van der Waals surface area contributed by atoms with Crippen molar-refractivity contribution in [3.05, 3.63) is 30.3 Å². The maximum absolute atomic E-state index is 13.1. The van der Waals surface area contributed by atoms with Crippen molar-refractivity contribution < 1.29 is 13.6 Å². The molecule has 1 fully saturated rings. The fourth-order valence-corrected chi connectivity index (χ4v) is 2.38. The highest BCUT2D eigenvalue weighted by Gasteiger charge is 2.43. The van der Waals surface area contributed by atoms with Crippen LogP contribution in [-0.2, 0) is 4.79 Å². The number of alkyl halides is 2. The van der Waals surface area contributed by atoms with Crippen LogP contribution in [0, 0.1) is 0 Å². The van der Waals surface area contributed by atoms with Crippen molar-refractivity contribution in [1.29, 1.82) is 0 Å². The summed E-state index contributed by atoms with van der Waals surface area (Å²) in [4.78, 5) is 15.6. The van der Waals surface area contributed by atoms with E-state index in [1.807, 2.05) is 42.3 Å². The lowest BCUT2D eigenvalue weighted by molar-refractivity contribution is -0.132. The lowest BCUT2D eigenvalue weighted by Crippen LogP contribution is -2.44. The van der Waals surface area contributed by atoms with E-state index in [4.69, 9.17) is 0 Å². The van der Waals surface area contributed by atoms with Gasteiger partial charge >= 0.3 is 0 Å². The largest absolute Gasteiger partial charge is 0.373 e. The molecule has 0 radical (unpaired) electrons. The molecule has 132 valence electrons. The maximum atomic E-state index is 13.1. The van der Waals surface area contributed by atoms with Crippen molar-refractivity contribution in [2.45, 2.75) is 18.4 Å². The average molecular weight is 370 g/mol. The monoisotopic (exact) mass is 369 g/mol. The molecule has 4 nitrogen and oxygen atoms in total. The quantitative estimate of drug-likeness (QED) is 0.865. The Bertz CT molecular complexity index is 491. The summed E-state index contributed by atoms with van der Waals surface area (Å²) in [6.07, 6.45) is -0.412. The third-order valence-electron chi connectivity index (χ3n) is 3.75. The fraction of sp³-hybridized carbons (Fsp3) is 0.533. The van der Waals surface area contributed by atoms with Crippen molar-refractivity contribution in [3.8, 4) is 0 Å². The van der Waals surface area contributed by atoms with Crippen LogP contribution in [0.5, 0.6) is 0 Å². The van der Waals surface area contributed by atoms with Gasteiger partial charge in [-0.2, -0.15) is 0 Å². The van der Waals surface area contributed by atoms with E-state index in [9.17, 15) is 13.6 Å². The Kier molecular flexibility index (Phi) is 8.80. The molecule has 1 aliphatic heterocycles. The van der Waals surface area contributed by atoms with Crippen molar-refractivity contribution in [3.63, 3.8) is 0 Å². The van der Waals surface area contributed by atoms with E-state index in [1.54, 1.807) is 7.05 Å². The number of carbonyl (C=O) groups is 1. The summed E-state index contributed by atoms with van der Waals surface area (Å²) in [5.41, 5.74) is 1.06. The second-order valence-electron chi connectivity index (χ2n) is 5.51. The van der Waals surface area contributed by atoms with Crippen LogP contribution < -0.4 is 10.2 Å². The standard InChI is InChI=1S/C15H21F2N3O.2ClH/c1-19(12-6-4-3-5-7-12)8-9-20(2)14(21)13-10-15(16,17)11-18-13;;/h3-7,13,18H,8-11H2,1-2H3;2*1H. The van der Waals surface area contributed by atoms with Crippen LogP contribution in [-0.4, -0.2) is 56.5 Å². The predicted molar refractivity (Wildman–Crippen MR) is 93.2 cm³/mol. The van der Waals surface area contributed by atoms with Crippen LogP contribution in [0.2, 0.25) is 0 Å². The van der Waals surface area contributed by atoms with Gasteiger partial charge in [-0.15, -0.1) is 24.8 Å². The van der Waals surface area contributed by atoms with Crippen molar-refractivity contribution in [2.24, 2.45) is 0 Å². The molecule has 1 aliphatic rings. The zero-order valence-electron chi connectivity index (χ0n) is 13.2. The molecule has 1 aromatic rings. The van der Waals surface area contributed by atoms with E-state index in [0.717, 1.165) is 5.69 Å². The fourth-order valence-electron chi connectivity index (χ4n) is 2.38. The first-order valence-electron chi connectivity index (χ1n) is 7.01. The second kappa shape index (κ2) is 9.25. The number of nitrogens with zero attached hydrogens (tertiary/aromatic N) is 2. The number of hydrogen-bond donors (Lipinski definition) is 1. The van der Waals surface area contributed by atoms with Gasteiger partial charge in [0.25, 0.3) is 5.92 Å². The molecule has 0 saturated carbocycles. The van der Waals surface area contributed by atoms with E-state index < -0.39 is 24.9 Å². The Morgan fingerprint density at radius 1 is 1.22 bits per heavy atom. The molecule has 0 bridgehead atoms. The van der Waals surface area contributed by atoms with Crippen LogP contribution in [0.3, 0.4) is 0 Å². The van der Waals surface area contributed by atoms with E-state index in [0.29, 0.717) is 13.1 Å². The molecule has 1 heterocycles. The number of para-hydroxylation sites is 1. The van der Waals surface area contributed by atoms with Gasteiger partial charge in [0.1, 0.15) is 0 Å². The SMILES string of the molecule is CN(CCN(C)c1ccccc1)C(=O)C1CC(F)(F)CN1.Cl.Cl. The van der Waals surface area contributed by atoms with Crippen LogP contribution >= 0.6 is 24.8 Å². The summed E-state index contributed by atoms with van der Waals surface area (Å²) >= 11 is 0. The zero-order chi connectivity index (χ0) is 15.5. The summed E-state index contributed by atoms with van der Waals surface area (Å²) in [7, 11) is 3.59. The van der Waals surface area contributed by atoms with Gasteiger partial charge in [0.2, 0.25) is 5.91 Å². The number of likely N-dealkylation sites (N-methyl/N-ethyl adjacent to an activating group) is 2. The number of halogens is 4. The zero-order valence-corrected chi connectivity index (χ0v) is 14.8. The molecule has 23 heavy (non-hydrogen) atoms. The number of amides is 1. The van der Waals surface area contributed by atoms with E-state index in [-0.39, 0.29) is 30.7 Å². The number of benzene rings is 1. The second-order valence-corrected chi connectivity index (χ2v) is 5.51. The lowest BCUT2D eigenvalue weighted by Gasteiger charge is -2.25. The maximum Gasteiger partial charge on any atom is 0.262 e. The Hall–Kier alpha value is -1.11. The first kappa shape index (κ1) is 21.9. The molecule has 1 saturated heterocycles. The number of hydrogen-bond acceptors (Lipinski definition) is 3. The topological polar surface area (TPSA) is 35.6 Å². The molecule has 1 unspecified atom stereocenters. The molecule has 1 atom stereocenters. The van der Waals surface area contributed by atoms with Gasteiger partial charge in [0.05, 0.1) is 12.6 Å². The molecule has 1 N–H and O–H groups in total. The van der Waals surface area contributed by atoms with Gasteiger partial charge in [-0.1, -0.05) is 18.2 Å².